The zero-order valence-electron chi connectivity index (χ0n) is 13.3. The molecule has 0 spiro atoms. The second-order valence-corrected chi connectivity index (χ2v) is 7.20. The maximum absolute atomic E-state index is 13.4. The molecule has 2 aromatic rings. The fourth-order valence-corrected chi connectivity index (χ4v) is 3.33. The van der Waals surface area contributed by atoms with Crippen LogP contribution in [0.1, 0.15) is 31.4 Å². The predicted octanol–water partition coefficient (Wildman–Crippen LogP) is 3.27. The molecule has 0 atom stereocenters. The molecule has 1 fully saturated rings. The summed E-state index contributed by atoms with van der Waals surface area (Å²) in [6, 6.07) is 1.46. The van der Waals surface area contributed by atoms with E-state index in [2.05, 4.69) is 20.9 Å². The molecule has 1 aliphatic carbocycles. The Morgan fingerprint density at radius 2 is 2.12 bits per heavy atom. The number of aromatic nitrogens is 2. The normalized spacial score (nSPS) is 23.5. The van der Waals surface area contributed by atoms with Gasteiger partial charge < -0.3 is 9.84 Å². The Morgan fingerprint density at radius 1 is 1.44 bits per heavy atom. The number of aliphatic hydroxyl groups is 1. The molecule has 1 N–H and O–H groups in total. The third-order valence-electron chi connectivity index (χ3n) is 4.23. The number of hydrogen-bond acceptors (Lipinski definition) is 4. The van der Waals surface area contributed by atoms with Gasteiger partial charge in [-0.15, -0.1) is 0 Å². The lowest BCUT2D eigenvalue weighted by atomic mass is 9.77. The van der Waals surface area contributed by atoms with Crippen molar-refractivity contribution in [3.63, 3.8) is 0 Å². The van der Waals surface area contributed by atoms with Crippen LogP contribution in [0.15, 0.2) is 23.1 Å². The van der Waals surface area contributed by atoms with Gasteiger partial charge in [0, 0.05) is 22.8 Å². The van der Waals surface area contributed by atoms with E-state index in [1.807, 2.05) is 0 Å². The van der Waals surface area contributed by atoms with Crippen molar-refractivity contribution in [3.8, 4) is 5.75 Å². The fourth-order valence-electron chi connectivity index (χ4n) is 3.16. The number of nitrogens with zero attached hydrogens (tertiary/aromatic N) is 2. The number of hydrogen-bond donors (Lipinski definition) is 1. The standard InChI is InChI=1S/C16H16BrF3N2O3/c1-15(24)6-9(7-15)22-13(23)5-12(16(18,19)20)11-4-10(25-3-2-17)8-21-14(11)22/h4-5,8-9,24H,2-3,6-7H2,1H3/t9-,15+. The van der Waals surface area contributed by atoms with Gasteiger partial charge in [-0.1, -0.05) is 15.9 Å². The number of ether oxygens (including phenoxy) is 1. The molecule has 25 heavy (non-hydrogen) atoms. The van der Waals surface area contributed by atoms with E-state index >= 15 is 0 Å². The van der Waals surface area contributed by atoms with Crippen molar-refractivity contribution < 1.29 is 23.0 Å². The molecule has 0 aromatic carbocycles. The summed E-state index contributed by atoms with van der Waals surface area (Å²) in [4.78, 5) is 16.4. The molecule has 1 saturated carbocycles. The van der Waals surface area contributed by atoms with E-state index < -0.39 is 22.9 Å². The van der Waals surface area contributed by atoms with Crippen molar-refractivity contribution in [1.29, 1.82) is 0 Å². The number of alkyl halides is 4. The van der Waals surface area contributed by atoms with Crippen LogP contribution in [-0.2, 0) is 6.18 Å². The lowest BCUT2D eigenvalue weighted by Gasteiger charge is -2.42. The van der Waals surface area contributed by atoms with E-state index in [0.717, 1.165) is 0 Å². The number of fused-ring (bicyclic) bond motifs is 1. The first kappa shape index (κ1) is 18.2. The van der Waals surface area contributed by atoms with Gasteiger partial charge in [-0.05, 0) is 25.8 Å². The topological polar surface area (TPSA) is 64.4 Å². The van der Waals surface area contributed by atoms with Crippen LogP contribution in [-0.4, -0.2) is 32.2 Å². The lowest BCUT2D eigenvalue weighted by molar-refractivity contribution is -0.136. The van der Waals surface area contributed by atoms with Gasteiger partial charge in [0.05, 0.1) is 24.0 Å². The molecule has 9 heteroatoms. The van der Waals surface area contributed by atoms with Crippen LogP contribution in [0.5, 0.6) is 5.75 Å². The van der Waals surface area contributed by atoms with Gasteiger partial charge >= 0.3 is 6.18 Å². The molecule has 0 radical (unpaired) electrons. The van der Waals surface area contributed by atoms with Crippen LogP contribution < -0.4 is 10.3 Å². The van der Waals surface area contributed by atoms with Crippen LogP contribution in [0.25, 0.3) is 11.0 Å². The molecule has 0 amide bonds. The molecule has 136 valence electrons. The maximum Gasteiger partial charge on any atom is 0.417 e. The SMILES string of the molecule is C[C@]1(O)C[C@@H](n2c(=O)cc(C(F)(F)F)c3cc(OCCBr)cnc32)C1. The molecule has 3 rings (SSSR count). The fraction of sp³-hybridized carbons (Fsp3) is 0.500. The van der Waals surface area contributed by atoms with Crippen LogP contribution in [0.4, 0.5) is 13.2 Å². The summed E-state index contributed by atoms with van der Waals surface area (Å²) in [5, 5.41) is 10.2. The molecule has 5 nitrogen and oxygen atoms in total. The average molecular weight is 421 g/mol. The highest BCUT2D eigenvalue weighted by molar-refractivity contribution is 9.09. The van der Waals surface area contributed by atoms with Crippen molar-refractivity contribution in [1.82, 2.24) is 9.55 Å². The quantitative estimate of drug-likeness (QED) is 0.770. The van der Waals surface area contributed by atoms with Gasteiger partial charge in [0.25, 0.3) is 5.56 Å². The van der Waals surface area contributed by atoms with Crippen LogP contribution in [0.2, 0.25) is 0 Å². The number of halogens is 4. The lowest BCUT2D eigenvalue weighted by Crippen LogP contribution is -2.45. The van der Waals surface area contributed by atoms with Crippen LogP contribution in [0, 0.1) is 0 Å². The Balaban J connectivity index is 2.18. The van der Waals surface area contributed by atoms with Crippen LogP contribution >= 0.6 is 15.9 Å². The zero-order chi connectivity index (χ0) is 18.4. The minimum absolute atomic E-state index is 0.0495. The third kappa shape index (κ3) is 3.52. The summed E-state index contributed by atoms with van der Waals surface area (Å²) in [6.07, 6.45) is -2.80. The molecule has 0 saturated heterocycles. The molecule has 1 aliphatic rings. The van der Waals surface area contributed by atoms with Gasteiger partial charge in [0.1, 0.15) is 11.4 Å². The number of rotatable bonds is 4. The summed E-state index contributed by atoms with van der Waals surface area (Å²) in [7, 11) is 0. The highest BCUT2D eigenvalue weighted by Crippen LogP contribution is 2.42. The minimum Gasteiger partial charge on any atom is -0.491 e. The van der Waals surface area contributed by atoms with E-state index in [1.165, 1.54) is 16.8 Å². The largest absolute Gasteiger partial charge is 0.491 e. The Bertz CT molecular complexity index is 856. The monoisotopic (exact) mass is 420 g/mol. The molecule has 0 aliphatic heterocycles. The minimum atomic E-state index is -4.68. The summed E-state index contributed by atoms with van der Waals surface area (Å²) in [6.45, 7) is 1.90. The number of pyridine rings is 2. The summed E-state index contributed by atoms with van der Waals surface area (Å²) < 4.78 is 46.7. The summed E-state index contributed by atoms with van der Waals surface area (Å²) in [5.74, 6) is 0.197. The highest BCUT2D eigenvalue weighted by atomic mass is 79.9. The highest BCUT2D eigenvalue weighted by Gasteiger charge is 2.42. The van der Waals surface area contributed by atoms with Gasteiger partial charge in [-0.25, -0.2) is 4.98 Å². The van der Waals surface area contributed by atoms with E-state index in [9.17, 15) is 23.1 Å². The molecule has 2 heterocycles. The molecule has 2 aromatic heterocycles. The second kappa shape index (κ2) is 6.28. The van der Waals surface area contributed by atoms with E-state index in [4.69, 9.17) is 4.74 Å². The van der Waals surface area contributed by atoms with Gasteiger partial charge in [-0.3, -0.25) is 9.36 Å². The van der Waals surface area contributed by atoms with Crippen molar-refractivity contribution in [2.24, 2.45) is 0 Å². The van der Waals surface area contributed by atoms with E-state index in [0.29, 0.717) is 11.4 Å². The Morgan fingerprint density at radius 3 is 2.68 bits per heavy atom. The summed E-state index contributed by atoms with van der Waals surface area (Å²) >= 11 is 3.18. The zero-order valence-corrected chi connectivity index (χ0v) is 14.9. The van der Waals surface area contributed by atoms with Crippen molar-refractivity contribution in [3.05, 3.63) is 34.2 Å². The average Bonchev–Trinajstić information content (AvgIpc) is 2.49. The van der Waals surface area contributed by atoms with Crippen molar-refractivity contribution in [2.75, 3.05) is 11.9 Å². The van der Waals surface area contributed by atoms with Gasteiger partial charge in [-0.2, -0.15) is 13.2 Å². The van der Waals surface area contributed by atoms with E-state index in [1.54, 1.807) is 6.92 Å². The first-order valence-electron chi connectivity index (χ1n) is 7.66. The van der Waals surface area contributed by atoms with Gasteiger partial charge in [0.15, 0.2) is 0 Å². The Hall–Kier alpha value is -1.61. The first-order chi connectivity index (χ1) is 11.6. The molecule has 0 bridgehead atoms. The molecule has 0 unspecified atom stereocenters. The first-order valence-corrected chi connectivity index (χ1v) is 8.78. The van der Waals surface area contributed by atoms with Crippen LogP contribution in [0.3, 0.4) is 0 Å². The Kier molecular flexibility index (Phi) is 4.57. The summed E-state index contributed by atoms with van der Waals surface area (Å²) in [5.41, 5.74) is -2.78. The molecular weight excluding hydrogens is 405 g/mol. The van der Waals surface area contributed by atoms with Crippen molar-refractivity contribution in [2.45, 2.75) is 37.6 Å². The van der Waals surface area contributed by atoms with E-state index in [-0.39, 0.29) is 42.3 Å². The van der Waals surface area contributed by atoms with Crippen molar-refractivity contribution >= 4 is 27.0 Å². The maximum atomic E-state index is 13.4. The Labute approximate surface area is 149 Å². The smallest absolute Gasteiger partial charge is 0.417 e. The third-order valence-corrected chi connectivity index (χ3v) is 4.56. The predicted molar refractivity (Wildman–Crippen MR) is 89.2 cm³/mol. The van der Waals surface area contributed by atoms with Gasteiger partial charge in [0.2, 0.25) is 0 Å². The second-order valence-electron chi connectivity index (χ2n) is 6.40. The molecular formula is C16H16BrF3N2O3.